The van der Waals surface area contributed by atoms with Crippen molar-refractivity contribution in [1.82, 2.24) is 10.6 Å². The third-order valence-electron chi connectivity index (χ3n) is 2.65. The average Bonchev–Trinajstić information content (AvgIpc) is 2.39. The zero-order chi connectivity index (χ0) is 15.8. The molecule has 1 atom stereocenters. The fourth-order valence-electron chi connectivity index (χ4n) is 1.62. The number of carbonyl (C=O) groups excluding carboxylic acids is 2. The molecule has 0 aliphatic heterocycles. The summed E-state index contributed by atoms with van der Waals surface area (Å²) in [6.45, 7) is 0.121. The Balaban J connectivity index is 2.41. The quantitative estimate of drug-likeness (QED) is 0.565. The monoisotopic (exact) mass is 297 g/mol. The summed E-state index contributed by atoms with van der Waals surface area (Å²) in [6, 6.07) is 3.97. The van der Waals surface area contributed by atoms with Gasteiger partial charge in [-0.15, -0.1) is 0 Å². The first-order chi connectivity index (χ1) is 9.90. The van der Waals surface area contributed by atoms with E-state index in [-0.39, 0.29) is 18.8 Å². The number of halogens is 1. The molecule has 5 N–H and O–H groups in total. The molecule has 0 spiro atoms. The van der Waals surface area contributed by atoms with Gasteiger partial charge in [0.25, 0.3) is 0 Å². The third kappa shape index (κ3) is 5.89. The maximum absolute atomic E-state index is 13.3. The van der Waals surface area contributed by atoms with E-state index in [1.54, 1.807) is 18.2 Å². The lowest BCUT2D eigenvalue weighted by Crippen LogP contribution is -2.48. The Morgan fingerprint density at radius 1 is 1.29 bits per heavy atom. The molecule has 0 bridgehead atoms. The second kappa shape index (κ2) is 7.83. The second-order valence-electron chi connectivity index (χ2n) is 4.30. The molecule has 0 saturated heterocycles. The van der Waals surface area contributed by atoms with Gasteiger partial charge in [0.1, 0.15) is 11.9 Å². The molecule has 0 unspecified atom stereocenters. The standard InChI is InChI=1S/C13H16FN3O4/c14-9-4-2-1-3-8(9)5-6-16-13(21)17-10(12(19)20)7-11(15)18/h1-4,10H,5-7H2,(H2,15,18)(H,19,20)(H2,16,17,21)/t10-/m1/s1. The fourth-order valence-corrected chi connectivity index (χ4v) is 1.62. The molecule has 1 aromatic rings. The van der Waals surface area contributed by atoms with E-state index in [1.165, 1.54) is 6.07 Å². The molecule has 3 amide bonds. The Bertz CT molecular complexity index is 536. The molecule has 8 heteroatoms. The number of aliphatic carboxylic acids is 1. The van der Waals surface area contributed by atoms with E-state index >= 15 is 0 Å². The highest BCUT2D eigenvalue weighted by Gasteiger charge is 2.21. The summed E-state index contributed by atoms with van der Waals surface area (Å²) < 4.78 is 13.3. The molecule has 0 radical (unpaired) electrons. The largest absolute Gasteiger partial charge is 0.480 e. The molecule has 0 fully saturated rings. The predicted molar refractivity (Wildman–Crippen MR) is 71.9 cm³/mol. The van der Waals surface area contributed by atoms with Crippen LogP contribution in [0.1, 0.15) is 12.0 Å². The van der Waals surface area contributed by atoms with Crippen molar-refractivity contribution in [2.75, 3.05) is 6.54 Å². The summed E-state index contributed by atoms with van der Waals surface area (Å²) in [5.74, 6) is -2.58. The lowest BCUT2D eigenvalue weighted by atomic mass is 10.1. The Morgan fingerprint density at radius 2 is 1.95 bits per heavy atom. The zero-order valence-corrected chi connectivity index (χ0v) is 11.1. The average molecular weight is 297 g/mol. The lowest BCUT2D eigenvalue weighted by Gasteiger charge is -2.13. The van der Waals surface area contributed by atoms with Crippen molar-refractivity contribution in [3.8, 4) is 0 Å². The summed E-state index contributed by atoms with van der Waals surface area (Å²) in [5, 5.41) is 13.3. The molecule has 7 nitrogen and oxygen atoms in total. The molecule has 0 aliphatic carbocycles. The summed E-state index contributed by atoms with van der Waals surface area (Å²) in [4.78, 5) is 33.0. The van der Waals surface area contributed by atoms with Crippen molar-refractivity contribution in [1.29, 1.82) is 0 Å². The van der Waals surface area contributed by atoms with Crippen LogP contribution in [0.15, 0.2) is 24.3 Å². The van der Waals surface area contributed by atoms with Crippen LogP contribution in [-0.2, 0) is 16.0 Å². The molecule has 0 aliphatic rings. The number of carboxylic acid groups (broad SMARTS) is 1. The maximum atomic E-state index is 13.3. The summed E-state index contributed by atoms with van der Waals surface area (Å²) in [5.41, 5.74) is 5.32. The SMILES string of the molecule is NC(=O)C[C@@H](NC(=O)NCCc1ccccc1F)C(=O)O. The van der Waals surface area contributed by atoms with E-state index in [0.717, 1.165) is 0 Å². The van der Waals surface area contributed by atoms with Crippen LogP contribution in [0, 0.1) is 5.82 Å². The van der Waals surface area contributed by atoms with Gasteiger partial charge in [-0.05, 0) is 18.1 Å². The number of benzene rings is 1. The van der Waals surface area contributed by atoms with E-state index in [9.17, 15) is 18.8 Å². The first-order valence-corrected chi connectivity index (χ1v) is 6.19. The fraction of sp³-hybridized carbons (Fsp3) is 0.308. The van der Waals surface area contributed by atoms with Crippen LogP contribution in [0.2, 0.25) is 0 Å². The number of amides is 3. The van der Waals surface area contributed by atoms with Crippen LogP contribution in [0.25, 0.3) is 0 Å². The highest BCUT2D eigenvalue weighted by molar-refractivity contribution is 5.87. The summed E-state index contributed by atoms with van der Waals surface area (Å²) in [7, 11) is 0. The third-order valence-corrected chi connectivity index (χ3v) is 2.65. The number of urea groups is 1. The number of hydrogen-bond acceptors (Lipinski definition) is 3. The van der Waals surface area contributed by atoms with Crippen molar-refractivity contribution in [2.24, 2.45) is 5.73 Å². The Labute approximate surface area is 120 Å². The van der Waals surface area contributed by atoms with Gasteiger partial charge < -0.3 is 21.5 Å². The van der Waals surface area contributed by atoms with Gasteiger partial charge in [-0.2, -0.15) is 0 Å². The molecule has 1 rings (SSSR count). The number of nitrogens with one attached hydrogen (secondary N) is 2. The van der Waals surface area contributed by atoms with Gasteiger partial charge in [0.15, 0.2) is 0 Å². The second-order valence-corrected chi connectivity index (χ2v) is 4.30. The van der Waals surface area contributed by atoms with Crippen LogP contribution >= 0.6 is 0 Å². The van der Waals surface area contributed by atoms with E-state index < -0.39 is 30.4 Å². The van der Waals surface area contributed by atoms with Gasteiger partial charge in [-0.25, -0.2) is 14.0 Å². The predicted octanol–water partition coefficient (Wildman–Crippen LogP) is -0.00400. The molecule has 1 aromatic carbocycles. The van der Waals surface area contributed by atoms with E-state index in [2.05, 4.69) is 10.6 Å². The van der Waals surface area contributed by atoms with Crippen molar-refractivity contribution in [3.63, 3.8) is 0 Å². The van der Waals surface area contributed by atoms with Crippen LogP contribution in [0.3, 0.4) is 0 Å². The zero-order valence-electron chi connectivity index (χ0n) is 11.1. The van der Waals surface area contributed by atoms with Crippen molar-refractivity contribution in [2.45, 2.75) is 18.9 Å². The van der Waals surface area contributed by atoms with Crippen LogP contribution in [0.4, 0.5) is 9.18 Å². The first-order valence-electron chi connectivity index (χ1n) is 6.19. The maximum Gasteiger partial charge on any atom is 0.326 e. The Morgan fingerprint density at radius 3 is 2.52 bits per heavy atom. The normalized spacial score (nSPS) is 11.5. The number of rotatable bonds is 7. The Kier molecular flexibility index (Phi) is 6.12. The van der Waals surface area contributed by atoms with Gasteiger partial charge >= 0.3 is 12.0 Å². The minimum atomic E-state index is -1.39. The van der Waals surface area contributed by atoms with Gasteiger partial charge in [0, 0.05) is 6.54 Å². The first kappa shape index (κ1) is 16.4. The van der Waals surface area contributed by atoms with Crippen molar-refractivity contribution < 1.29 is 23.9 Å². The number of nitrogens with two attached hydrogens (primary N) is 1. The van der Waals surface area contributed by atoms with E-state index in [4.69, 9.17) is 10.8 Å². The van der Waals surface area contributed by atoms with Gasteiger partial charge in [0.2, 0.25) is 5.91 Å². The van der Waals surface area contributed by atoms with Gasteiger partial charge in [-0.3, -0.25) is 4.79 Å². The van der Waals surface area contributed by atoms with Crippen LogP contribution < -0.4 is 16.4 Å². The highest BCUT2D eigenvalue weighted by atomic mass is 19.1. The van der Waals surface area contributed by atoms with Crippen LogP contribution in [0.5, 0.6) is 0 Å². The van der Waals surface area contributed by atoms with E-state index in [1.807, 2.05) is 0 Å². The number of carboxylic acids is 1. The van der Waals surface area contributed by atoms with Gasteiger partial charge in [0.05, 0.1) is 6.42 Å². The minimum absolute atomic E-state index is 0.121. The number of hydrogen-bond donors (Lipinski definition) is 4. The molecule has 0 aromatic heterocycles. The van der Waals surface area contributed by atoms with Crippen LogP contribution in [-0.4, -0.2) is 35.6 Å². The molecular formula is C13H16FN3O4. The Hall–Kier alpha value is -2.64. The minimum Gasteiger partial charge on any atom is -0.480 e. The smallest absolute Gasteiger partial charge is 0.326 e. The van der Waals surface area contributed by atoms with Gasteiger partial charge in [-0.1, -0.05) is 18.2 Å². The number of primary amides is 1. The van der Waals surface area contributed by atoms with E-state index in [0.29, 0.717) is 5.56 Å². The molecule has 114 valence electrons. The topological polar surface area (TPSA) is 122 Å². The molecule has 0 saturated carbocycles. The number of carbonyl (C=O) groups is 3. The van der Waals surface area contributed by atoms with Crippen molar-refractivity contribution >= 4 is 17.9 Å². The van der Waals surface area contributed by atoms with Crippen molar-refractivity contribution in [3.05, 3.63) is 35.6 Å². The molecule has 0 heterocycles. The molecular weight excluding hydrogens is 281 g/mol. The summed E-state index contributed by atoms with van der Waals surface area (Å²) in [6.07, 6.45) is -0.246. The molecule has 21 heavy (non-hydrogen) atoms. The highest BCUT2D eigenvalue weighted by Crippen LogP contribution is 2.06. The lowest BCUT2D eigenvalue weighted by molar-refractivity contribution is -0.140. The summed E-state index contributed by atoms with van der Waals surface area (Å²) >= 11 is 0.